The normalized spacial score (nSPS) is 13.6. The average molecular weight is 1020 g/mol. The minimum Gasteiger partial charge on any atom is -0.394 e. The molecule has 0 aliphatic carbocycles. The van der Waals surface area contributed by atoms with E-state index in [1.807, 2.05) is 6.08 Å². The largest absolute Gasteiger partial charge is 0.394 e. The minimum atomic E-state index is -0.876. The number of hydrogen-bond donors (Lipinski definition) is 3. The summed E-state index contributed by atoms with van der Waals surface area (Å²) in [5.41, 5.74) is 0. The van der Waals surface area contributed by atoms with Gasteiger partial charge in [-0.2, -0.15) is 0 Å². The van der Waals surface area contributed by atoms with Gasteiger partial charge in [0.1, 0.15) is 0 Å². The standard InChI is InChI=1S/C70H121NO3/c1-3-5-7-9-11-13-15-17-19-21-23-25-27-29-31-33-34-35-36-38-40-42-44-46-48-50-52-54-56-58-60-62-64-66-70(74)71-68(67-72)69(73)65-63-61-59-57-55-53-51-49-47-45-43-41-39-37-32-30-28-26-24-22-20-18-16-14-12-10-8-6-4-2/h5,7,11,13,17,19,23,25,29,31,34-35,38,40,44,46,55,57,63,65,68-69,72-73H,3-4,6,8-10,12,14-16,18,20-22,24,26-28,30,32-33,36-37,39,41-43,45,47-54,56,58-62,64,66-67H2,1-2H3,(H,71,74)/b7-5-,13-11-,19-17-,25-23-,31-29-,35-34-,40-38-,46-44-,57-55+,65-63+. The molecular weight excluding hydrogens is 903 g/mol. The van der Waals surface area contributed by atoms with Crippen LogP contribution in [0.4, 0.5) is 0 Å². The first kappa shape index (κ1) is 70.8. The second-order valence-electron chi connectivity index (χ2n) is 21.1. The molecule has 4 heteroatoms. The fourth-order valence-corrected chi connectivity index (χ4v) is 9.15. The van der Waals surface area contributed by atoms with Crippen LogP contribution >= 0.6 is 0 Å². The quantitative estimate of drug-likeness (QED) is 0.0420. The lowest BCUT2D eigenvalue weighted by atomic mass is 10.0. The molecule has 0 saturated carbocycles. The van der Waals surface area contributed by atoms with Crippen molar-refractivity contribution in [3.8, 4) is 0 Å². The lowest BCUT2D eigenvalue weighted by molar-refractivity contribution is -0.123. The molecule has 0 rings (SSSR count). The molecule has 1 amide bonds. The van der Waals surface area contributed by atoms with E-state index in [0.717, 1.165) is 96.3 Å². The number of carbonyl (C=O) groups is 1. The van der Waals surface area contributed by atoms with Gasteiger partial charge in [-0.3, -0.25) is 4.79 Å². The molecule has 424 valence electrons. The van der Waals surface area contributed by atoms with Crippen molar-refractivity contribution in [2.45, 2.75) is 309 Å². The second-order valence-corrected chi connectivity index (χ2v) is 21.1. The minimum absolute atomic E-state index is 0.0848. The number of aliphatic hydroxyl groups excluding tert-OH is 2. The van der Waals surface area contributed by atoms with E-state index >= 15 is 0 Å². The Morgan fingerprint density at radius 3 is 0.946 bits per heavy atom. The molecule has 0 aliphatic rings. The number of hydrogen-bond acceptors (Lipinski definition) is 3. The van der Waals surface area contributed by atoms with Gasteiger partial charge >= 0.3 is 0 Å². The maximum absolute atomic E-state index is 12.5. The third kappa shape index (κ3) is 59.7. The first-order valence-electron chi connectivity index (χ1n) is 31.7. The topological polar surface area (TPSA) is 69.6 Å². The van der Waals surface area contributed by atoms with Crippen LogP contribution in [0.25, 0.3) is 0 Å². The van der Waals surface area contributed by atoms with Crippen molar-refractivity contribution in [1.29, 1.82) is 0 Å². The van der Waals surface area contributed by atoms with Gasteiger partial charge in [0.15, 0.2) is 0 Å². The van der Waals surface area contributed by atoms with Crippen molar-refractivity contribution in [2.24, 2.45) is 0 Å². The fraction of sp³-hybridized carbons (Fsp3) is 0.700. The molecule has 0 bridgehead atoms. The number of unbranched alkanes of at least 4 members (excludes halogenated alkanes) is 32. The van der Waals surface area contributed by atoms with Gasteiger partial charge < -0.3 is 15.5 Å². The molecule has 0 heterocycles. The molecule has 0 aromatic carbocycles. The number of nitrogens with one attached hydrogen (secondary N) is 1. The smallest absolute Gasteiger partial charge is 0.220 e. The Morgan fingerprint density at radius 1 is 0.338 bits per heavy atom. The van der Waals surface area contributed by atoms with E-state index in [-0.39, 0.29) is 12.5 Å². The van der Waals surface area contributed by atoms with Crippen molar-refractivity contribution in [3.63, 3.8) is 0 Å². The van der Waals surface area contributed by atoms with Crippen LogP contribution < -0.4 is 5.32 Å². The summed E-state index contributed by atoms with van der Waals surface area (Å²) in [5, 5.41) is 23.2. The van der Waals surface area contributed by atoms with Crippen molar-refractivity contribution in [3.05, 3.63) is 122 Å². The zero-order chi connectivity index (χ0) is 53.4. The summed E-state index contributed by atoms with van der Waals surface area (Å²) in [4.78, 5) is 12.5. The molecule has 0 radical (unpaired) electrons. The Balaban J connectivity index is 3.60. The molecular formula is C70H121NO3. The third-order valence-electron chi connectivity index (χ3n) is 13.9. The van der Waals surface area contributed by atoms with Crippen molar-refractivity contribution >= 4 is 5.91 Å². The highest BCUT2D eigenvalue weighted by Crippen LogP contribution is 2.17. The van der Waals surface area contributed by atoms with Crippen LogP contribution in [0, 0.1) is 0 Å². The van der Waals surface area contributed by atoms with E-state index in [9.17, 15) is 15.0 Å². The molecule has 0 fully saturated rings. The number of amides is 1. The monoisotopic (exact) mass is 1020 g/mol. The molecule has 0 aromatic heterocycles. The highest BCUT2D eigenvalue weighted by molar-refractivity contribution is 5.76. The van der Waals surface area contributed by atoms with Crippen LogP contribution in [0.15, 0.2) is 122 Å². The number of carbonyl (C=O) groups excluding carboxylic acids is 1. The SMILES string of the molecule is CC/C=C\C/C=C\C/C=C\C/C=C\C/C=C\C/C=C\C/C=C\C/C=C\CCCCCCCCCCC(=O)NC(CO)C(O)/C=C/CC/C=C/CCCCCCCCCCCCCCCCCCCCCCCCC. The van der Waals surface area contributed by atoms with Gasteiger partial charge in [0.05, 0.1) is 18.8 Å². The van der Waals surface area contributed by atoms with Crippen LogP contribution in [0.2, 0.25) is 0 Å². The maximum atomic E-state index is 12.5. The predicted octanol–water partition coefficient (Wildman–Crippen LogP) is 21.6. The van der Waals surface area contributed by atoms with Crippen molar-refractivity contribution in [1.82, 2.24) is 5.32 Å². The van der Waals surface area contributed by atoms with E-state index in [0.29, 0.717) is 6.42 Å². The van der Waals surface area contributed by atoms with Crippen LogP contribution in [-0.4, -0.2) is 34.9 Å². The maximum Gasteiger partial charge on any atom is 0.220 e. The predicted molar refractivity (Wildman–Crippen MR) is 331 cm³/mol. The number of rotatable bonds is 57. The average Bonchev–Trinajstić information content (AvgIpc) is 3.40. The highest BCUT2D eigenvalue weighted by atomic mass is 16.3. The molecule has 0 spiro atoms. The molecule has 74 heavy (non-hydrogen) atoms. The van der Waals surface area contributed by atoms with E-state index in [1.54, 1.807) is 6.08 Å². The van der Waals surface area contributed by atoms with E-state index in [2.05, 4.69) is 129 Å². The van der Waals surface area contributed by atoms with Gasteiger partial charge in [-0.05, 0) is 96.3 Å². The van der Waals surface area contributed by atoms with Crippen molar-refractivity contribution in [2.75, 3.05) is 6.61 Å². The summed E-state index contributed by atoms with van der Waals surface area (Å²) in [6.45, 7) is 4.20. The molecule has 0 aromatic rings. The fourth-order valence-electron chi connectivity index (χ4n) is 9.15. The lowest BCUT2D eigenvalue weighted by Crippen LogP contribution is -2.45. The van der Waals surface area contributed by atoms with Gasteiger partial charge in [0, 0.05) is 6.42 Å². The van der Waals surface area contributed by atoms with E-state index in [1.165, 1.54) is 180 Å². The molecule has 0 saturated heterocycles. The second kappa shape index (κ2) is 64.1. The summed E-state index contributed by atoms with van der Waals surface area (Å²) in [6, 6.07) is -0.654. The molecule has 2 atom stereocenters. The summed E-state index contributed by atoms with van der Waals surface area (Å²) in [6.07, 6.45) is 98.2. The zero-order valence-corrected chi connectivity index (χ0v) is 48.8. The third-order valence-corrected chi connectivity index (χ3v) is 13.9. The Hall–Kier alpha value is -3.21. The number of aliphatic hydroxyl groups is 2. The van der Waals surface area contributed by atoms with Crippen LogP contribution in [0.1, 0.15) is 296 Å². The summed E-state index contributed by atoms with van der Waals surface area (Å²) in [5.74, 6) is -0.0848. The van der Waals surface area contributed by atoms with Crippen LogP contribution in [0.3, 0.4) is 0 Å². The first-order chi connectivity index (χ1) is 36.7. The Morgan fingerprint density at radius 2 is 0.608 bits per heavy atom. The van der Waals surface area contributed by atoms with Gasteiger partial charge in [-0.15, -0.1) is 0 Å². The van der Waals surface area contributed by atoms with Gasteiger partial charge in [-0.1, -0.05) is 315 Å². The van der Waals surface area contributed by atoms with Gasteiger partial charge in [0.2, 0.25) is 5.91 Å². The molecule has 0 aliphatic heterocycles. The molecule has 2 unspecified atom stereocenters. The van der Waals surface area contributed by atoms with Gasteiger partial charge in [-0.25, -0.2) is 0 Å². The number of allylic oxidation sites excluding steroid dienone is 19. The Labute approximate surface area is 460 Å². The van der Waals surface area contributed by atoms with E-state index < -0.39 is 12.1 Å². The summed E-state index contributed by atoms with van der Waals surface area (Å²) in [7, 11) is 0. The van der Waals surface area contributed by atoms with E-state index in [4.69, 9.17) is 0 Å². The first-order valence-corrected chi connectivity index (χ1v) is 31.7. The molecule has 4 nitrogen and oxygen atoms in total. The summed E-state index contributed by atoms with van der Waals surface area (Å²) < 4.78 is 0. The summed E-state index contributed by atoms with van der Waals surface area (Å²) >= 11 is 0. The lowest BCUT2D eigenvalue weighted by Gasteiger charge is -2.19. The Bertz CT molecular complexity index is 1440. The highest BCUT2D eigenvalue weighted by Gasteiger charge is 2.18. The van der Waals surface area contributed by atoms with Crippen LogP contribution in [-0.2, 0) is 4.79 Å². The molecule has 3 N–H and O–H groups in total. The zero-order valence-electron chi connectivity index (χ0n) is 48.8. The Kier molecular flexibility index (Phi) is 61.3. The van der Waals surface area contributed by atoms with Crippen molar-refractivity contribution < 1.29 is 15.0 Å². The van der Waals surface area contributed by atoms with Crippen LogP contribution in [0.5, 0.6) is 0 Å². The van der Waals surface area contributed by atoms with Gasteiger partial charge in [0.25, 0.3) is 0 Å².